The molecule has 0 aliphatic heterocycles. The molecule has 0 fully saturated rings. The van der Waals surface area contributed by atoms with Crippen LogP contribution in [0.3, 0.4) is 0 Å². The Labute approximate surface area is 99.1 Å². The van der Waals surface area contributed by atoms with Gasteiger partial charge in [-0.1, -0.05) is 6.92 Å². The van der Waals surface area contributed by atoms with Crippen molar-refractivity contribution in [1.82, 2.24) is 4.90 Å². The number of rotatable bonds is 5. The number of ether oxygens (including phenoxy) is 1. The number of hydrogen-bond donors (Lipinski definition) is 1. The van der Waals surface area contributed by atoms with Crippen molar-refractivity contribution < 1.29 is 9.53 Å². The first kappa shape index (κ1) is 15.4. The maximum absolute atomic E-state index is 11.7. The lowest BCUT2D eigenvalue weighted by molar-refractivity contribution is -0.157. The third kappa shape index (κ3) is 5.47. The number of carbonyl (C=O) groups is 1. The van der Waals surface area contributed by atoms with E-state index in [2.05, 4.69) is 0 Å². The third-order valence-corrected chi connectivity index (χ3v) is 2.48. The average Bonchev–Trinajstić information content (AvgIpc) is 2.11. The fourth-order valence-corrected chi connectivity index (χ4v) is 1.41. The molecular formula is C12H26N2O2. The summed E-state index contributed by atoms with van der Waals surface area (Å²) in [5.74, 6) is -0.198. The molecule has 0 radical (unpaired) electrons. The maximum atomic E-state index is 11.7. The fourth-order valence-electron chi connectivity index (χ4n) is 1.41. The van der Waals surface area contributed by atoms with Crippen molar-refractivity contribution in [3.63, 3.8) is 0 Å². The standard InChI is InChI=1S/C12H26N2O2/c1-7-14(12(5,6)9-13)8-10(15)16-11(2,3)4/h7-9,13H2,1-6H3. The van der Waals surface area contributed by atoms with Gasteiger partial charge in [-0.2, -0.15) is 0 Å². The SMILES string of the molecule is CCN(CC(=O)OC(C)(C)C)C(C)(C)CN. The second-order valence-electron chi connectivity index (χ2n) is 5.62. The van der Waals surface area contributed by atoms with Gasteiger partial charge in [0.15, 0.2) is 0 Å². The van der Waals surface area contributed by atoms with Gasteiger partial charge in [-0.3, -0.25) is 9.69 Å². The lowest BCUT2D eigenvalue weighted by Crippen LogP contribution is -2.51. The number of esters is 1. The molecule has 4 heteroatoms. The largest absolute Gasteiger partial charge is 0.459 e. The summed E-state index contributed by atoms with van der Waals surface area (Å²) in [7, 11) is 0. The maximum Gasteiger partial charge on any atom is 0.320 e. The smallest absolute Gasteiger partial charge is 0.320 e. The average molecular weight is 230 g/mol. The van der Waals surface area contributed by atoms with Gasteiger partial charge in [-0.25, -0.2) is 0 Å². The molecule has 0 amide bonds. The van der Waals surface area contributed by atoms with Crippen LogP contribution < -0.4 is 5.73 Å². The minimum Gasteiger partial charge on any atom is -0.459 e. The lowest BCUT2D eigenvalue weighted by atomic mass is 10.0. The second-order valence-corrected chi connectivity index (χ2v) is 5.62. The van der Waals surface area contributed by atoms with E-state index in [1.54, 1.807) is 0 Å². The van der Waals surface area contributed by atoms with Crippen LogP contribution in [0.15, 0.2) is 0 Å². The van der Waals surface area contributed by atoms with Crippen LogP contribution in [0.4, 0.5) is 0 Å². The first-order valence-corrected chi connectivity index (χ1v) is 5.79. The van der Waals surface area contributed by atoms with Crippen molar-refractivity contribution in [3.8, 4) is 0 Å². The molecule has 0 rings (SSSR count). The van der Waals surface area contributed by atoms with Gasteiger partial charge in [0, 0.05) is 12.1 Å². The van der Waals surface area contributed by atoms with Gasteiger partial charge >= 0.3 is 5.97 Å². The van der Waals surface area contributed by atoms with E-state index >= 15 is 0 Å². The minimum absolute atomic E-state index is 0.175. The molecular weight excluding hydrogens is 204 g/mol. The van der Waals surface area contributed by atoms with E-state index in [0.29, 0.717) is 6.54 Å². The zero-order valence-electron chi connectivity index (χ0n) is 11.5. The Hall–Kier alpha value is -0.610. The number of likely N-dealkylation sites (N-methyl/N-ethyl adjacent to an activating group) is 1. The summed E-state index contributed by atoms with van der Waals surface area (Å²) >= 11 is 0. The van der Waals surface area contributed by atoms with E-state index < -0.39 is 5.60 Å². The molecule has 0 aromatic carbocycles. The van der Waals surface area contributed by atoms with E-state index in [9.17, 15) is 4.79 Å². The molecule has 0 atom stereocenters. The van der Waals surface area contributed by atoms with Crippen molar-refractivity contribution in [1.29, 1.82) is 0 Å². The van der Waals surface area contributed by atoms with Crippen LogP contribution >= 0.6 is 0 Å². The van der Waals surface area contributed by atoms with E-state index in [1.165, 1.54) is 0 Å². The van der Waals surface area contributed by atoms with E-state index in [1.807, 2.05) is 46.4 Å². The zero-order valence-corrected chi connectivity index (χ0v) is 11.5. The second kappa shape index (κ2) is 5.64. The first-order chi connectivity index (χ1) is 7.12. The summed E-state index contributed by atoms with van der Waals surface area (Å²) in [4.78, 5) is 13.7. The third-order valence-electron chi connectivity index (χ3n) is 2.48. The van der Waals surface area contributed by atoms with Crippen LogP contribution in [0.5, 0.6) is 0 Å². The Morgan fingerprint density at radius 1 is 1.25 bits per heavy atom. The predicted molar refractivity (Wildman–Crippen MR) is 66.2 cm³/mol. The van der Waals surface area contributed by atoms with Crippen LogP contribution in [0, 0.1) is 0 Å². The molecule has 0 spiro atoms. The molecule has 96 valence electrons. The van der Waals surface area contributed by atoms with Gasteiger partial charge in [0.1, 0.15) is 5.60 Å². The van der Waals surface area contributed by atoms with Crippen LogP contribution in [0.2, 0.25) is 0 Å². The van der Waals surface area contributed by atoms with Crippen LogP contribution in [0.1, 0.15) is 41.5 Å². The zero-order chi connectivity index (χ0) is 13.0. The molecule has 0 saturated carbocycles. The lowest BCUT2D eigenvalue weighted by Gasteiger charge is -2.36. The number of hydrogen-bond acceptors (Lipinski definition) is 4. The summed E-state index contributed by atoms with van der Waals surface area (Å²) in [5, 5.41) is 0. The molecule has 16 heavy (non-hydrogen) atoms. The molecule has 0 aliphatic carbocycles. The fraction of sp³-hybridized carbons (Fsp3) is 0.917. The van der Waals surface area contributed by atoms with Crippen LogP contribution in [-0.4, -0.2) is 41.6 Å². The van der Waals surface area contributed by atoms with Crippen LogP contribution in [-0.2, 0) is 9.53 Å². The van der Waals surface area contributed by atoms with E-state index in [4.69, 9.17) is 10.5 Å². The summed E-state index contributed by atoms with van der Waals surface area (Å²) in [6.45, 7) is 13.3. The van der Waals surface area contributed by atoms with Crippen molar-refractivity contribution in [2.75, 3.05) is 19.6 Å². The Bertz CT molecular complexity index is 232. The summed E-state index contributed by atoms with van der Waals surface area (Å²) < 4.78 is 5.29. The molecule has 0 unspecified atom stereocenters. The molecule has 0 bridgehead atoms. The van der Waals surface area contributed by atoms with Crippen molar-refractivity contribution in [3.05, 3.63) is 0 Å². The Balaban J connectivity index is 4.40. The molecule has 0 aromatic heterocycles. The van der Waals surface area contributed by atoms with Crippen molar-refractivity contribution >= 4 is 5.97 Å². The number of nitrogens with zero attached hydrogens (tertiary/aromatic N) is 1. The highest BCUT2D eigenvalue weighted by Gasteiger charge is 2.27. The molecule has 0 heterocycles. The van der Waals surface area contributed by atoms with Gasteiger partial charge in [0.2, 0.25) is 0 Å². The van der Waals surface area contributed by atoms with E-state index in [0.717, 1.165) is 6.54 Å². The summed E-state index contributed by atoms with van der Waals surface area (Å²) in [6.07, 6.45) is 0. The van der Waals surface area contributed by atoms with Gasteiger partial charge in [0.05, 0.1) is 6.54 Å². The topological polar surface area (TPSA) is 55.6 Å². The molecule has 0 saturated heterocycles. The highest BCUT2D eigenvalue weighted by atomic mass is 16.6. The molecule has 2 N–H and O–H groups in total. The normalized spacial score (nSPS) is 13.0. The number of carbonyl (C=O) groups excluding carboxylic acids is 1. The molecule has 0 aliphatic rings. The van der Waals surface area contributed by atoms with Gasteiger partial charge in [0.25, 0.3) is 0 Å². The van der Waals surface area contributed by atoms with Crippen molar-refractivity contribution in [2.45, 2.75) is 52.7 Å². The Morgan fingerprint density at radius 3 is 2.06 bits per heavy atom. The van der Waals surface area contributed by atoms with E-state index in [-0.39, 0.29) is 18.1 Å². The molecule has 4 nitrogen and oxygen atoms in total. The monoisotopic (exact) mass is 230 g/mol. The molecule has 0 aromatic rings. The number of nitrogens with two attached hydrogens (primary N) is 1. The first-order valence-electron chi connectivity index (χ1n) is 5.79. The predicted octanol–water partition coefficient (Wildman–Crippen LogP) is 1.39. The Morgan fingerprint density at radius 2 is 1.75 bits per heavy atom. The minimum atomic E-state index is -0.427. The quantitative estimate of drug-likeness (QED) is 0.725. The van der Waals surface area contributed by atoms with Gasteiger partial charge in [-0.15, -0.1) is 0 Å². The summed E-state index contributed by atoms with van der Waals surface area (Å²) in [5.41, 5.74) is 5.09. The van der Waals surface area contributed by atoms with Gasteiger partial charge in [-0.05, 0) is 41.2 Å². The highest BCUT2D eigenvalue weighted by Crippen LogP contribution is 2.14. The van der Waals surface area contributed by atoms with Gasteiger partial charge < -0.3 is 10.5 Å². The van der Waals surface area contributed by atoms with Crippen molar-refractivity contribution in [2.24, 2.45) is 5.73 Å². The highest BCUT2D eigenvalue weighted by molar-refractivity contribution is 5.72. The Kier molecular flexibility index (Phi) is 5.42. The summed E-state index contributed by atoms with van der Waals surface area (Å²) in [6, 6.07) is 0. The van der Waals surface area contributed by atoms with Crippen LogP contribution in [0.25, 0.3) is 0 Å².